The largest absolute Gasteiger partial charge is 0.461 e. The van der Waals surface area contributed by atoms with E-state index in [9.17, 15) is 4.79 Å². The van der Waals surface area contributed by atoms with Crippen molar-refractivity contribution in [1.82, 2.24) is 9.97 Å². The minimum atomic E-state index is -0.648. The summed E-state index contributed by atoms with van der Waals surface area (Å²) in [6.07, 6.45) is 1.48. The van der Waals surface area contributed by atoms with E-state index in [0.29, 0.717) is 16.7 Å². The fraction of sp³-hybridized carbons (Fsp3) is 0.0500. The number of ether oxygens (including phenoxy) is 1. The third-order valence-electron chi connectivity index (χ3n) is 3.91. The lowest BCUT2D eigenvalue weighted by molar-refractivity contribution is 0.0458. The van der Waals surface area contributed by atoms with Crippen LogP contribution in [0.15, 0.2) is 69.8 Å². The van der Waals surface area contributed by atoms with Gasteiger partial charge < -0.3 is 9.15 Å². The van der Waals surface area contributed by atoms with Crippen molar-refractivity contribution in [2.45, 2.75) is 6.61 Å². The minimum Gasteiger partial charge on any atom is -0.461 e. The molecule has 0 saturated carbocycles. The number of hydrogen-bond donors (Lipinski definition) is 0. The molecule has 4 aromatic rings. The Morgan fingerprint density at radius 3 is 2.56 bits per heavy atom. The zero-order valence-electron chi connectivity index (χ0n) is 13.9. The van der Waals surface area contributed by atoms with Crippen molar-refractivity contribution < 1.29 is 13.9 Å². The van der Waals surface area contributed by atoms with E-state index < -0.39 is 5.97 Å². The van der Waals surface area contributed by atoms with Gasteiger partial charge in [0.15, 0.2) is 5.76 Å². The van der Waals surface area contributed by atoms with Crippen molar-refractivity contribution in [1.29, 1.82) is 0 Å². The maximum atomic E-state index is 12.4. The lowest BCUT2D eigenvalue weighted by atomic mass is 10.1. The molecule has 0 N–H and O–H groups in total. The van der Waals surface area contributed by atoms with Crippen LogP contribution in [0.1, 0.15) is 16.2 Å². The van der Waals surface area contributed by atoms with Crippen LogP contribution in [0.3, 0.4) is 0 Å². The maximum Gasteiger partial charge on any atom is 0.376 e. The number of halogens is 2. The molecule has 7 heteroatoms. The fourth-order valence-electron chi connectivity index (χ4n) is 2.58. The first-order valence-electron chi connectivity index (χ1n) is 8.03. The minimum absolute atomic E-state index is 0.108. The number of aromatic nitrogens is 2. The number of rotatable bonds is 4. The van der Waals surface area contributed by atoms with Crippen LogP contribution in [0.2, 0.25) is 5.15 Å². The van der Waals surface area contributed by atoms with Gasteiger partial charge in [0, 0.05) is 10.0 Å². The van der Waals surface area contributed by atoms with Gasteiger partial charge in [0.1, 0.15) is 23.5 Å². The molecule has 0 aliphatic rings. The molecule has 134 valence electrons. The summed E-state index contributed by atoms with van der Waals surface area (Å²) in [6, 6.07) is 16.9. The summed E-state index contributed by atoms with van der Waals surface area (Å²) in [7, 11) is 0. The second-order valence-electron chi connectivity index (χ2n) is 5.73. The van der Waals surface area contributed by atoms with Crippen molar-refractivity contribution >= 4 is 44.4 Å². The zero-order chi connectivity index (χ0) is 18.8. The Balaban J connectivity index is 1.66. The summed E-state index contributed by atoms with van der Waals surface area (Å²) in [4.78, 5) is 20.8. The standard InChI is InChI=1S/C20H12BrClN2O3/c21-14-8-6-13(7-9-14)17-16-15(11-26-17)18(22)24-19(23-16)20(25)27-10-12-4-2-1-3-5-12/h1-9,11H,10H2. The van der Waals surface area contributed by atoms with Gasteiger partial charge in [-0.3, -0.25) is 0 Å². The molecule has 0 atom stereocenters. The molecule has 27 heavy (non-hydrogen) atoms. The lowest BCUT2D eigenvalue weighted by Crippen LogP contribution is -2.10. The molecule has 2 aromatic carbocycles. The van der Waals surface area contributed by atoms with Crippen LogP contribution in [0, 0.1) is 0 Å². The van der Waals surface area contributed by atoms with Gasteiger partial charge in [-0.25, -0.2) is 14.8 Å². The molecule has 0 unspecified atom stereocenters. The van der Waals surface area contributed by atoms with Gasteiger partial charge in [-0.15, -0.1) is 0 Å². The number of carbonyl (C=O) groups is 1. The highest BCUT2D eigenvalue weighted by Gasteiger charge is 2.19. The lowest BCUT2D eigenvalue weighted by Gasteiger charge is -2.05. The van der Waals surface area contributed by atoms with Crippen LogP contribution in [-0.2, 0) is 11.3 Å². The van der Waals surface area contributed by atoms with Crippen LogP contribution in [-0.4, -0.2) is 15.9 Å². The average Bonchev–Trinajstić information content (AvgIpc) is 3.12. The number of carbonyl (C=O) groups excluding carboxylic acids is 1. The molecule has 0 amide bonds. The smallest absolute Gasteiger partial charge is 0.376 e. The highest BCUT2D eigenvalue weighted by atomic mass is 79.9. The highest BCUT2D eigenvalue weighted by molar-refractivity contribution is 9.10. The zero-order valence-corrected chi connectivity index (χ0v) is 16.2. The number of fused-ring (bicyclic) bond motifs is 1. The molecule has 2 heterocycles. The summed E-state index contributed by atoms with van der Waals surface area (Å²) in [5.41, 5.74) is 2.15. The van der Waals surface area contributed by atoms with Crippen molar-refractivity contribution in [3.8, 4) is 11.3 Å². The van der Waals surface area contributed by atoms with Gasteiger partial charge in [-0.05, 0) is 17.7 Å². The Bertz CT molecular complexity index is 1110. The van der Waals surface area contributed by atoms with Crippen LogP contribution in [0.4, 0.5) is 0 Å². The number of benzene rings is 2. The number of furan rings is 1. The molecule has 5 nitrogen and oxygen atoms in total. The number of hydrogen-bond acceptors (Lipinski definition) is 5. The summed E-state index contributed by atoms with van der Waals surface area (Å²) in [6.45, 7) is 0.129. The Morgan fingerprint density at radius 1 is 1.07 bits per heavy atom. The van der Waals surface area contributed by atoms with Crippen molar-refractivity contribution in [2.24, 2.45) is 0 Å². The molecular formula is C20H12BrClN2O3. The fourth-order valence-corrected chi connectivity index (χ4v) is 3.06. The quantitative estimate of drug-likeness (QED) is 0.301. The molecular weight excluding hydrogens is 432 g/mol. The first-order chi connectivity index (χ1) is 13.1. The van der Waals surface area contributed by atoms with E-state index in [1.807, 2.05) is 54.6 Å². The van der Waals surface area contributed by atoms with Gasteiger partial charge >= 0.3 is 5.97 Å². The first-order valence-corrected chi connectivity index (χ1v) is 9.20. The van der Waals surface area contributed by atoms with Crippen molar-refractivity contribution in [3.05, 3.63) is 81.9 Å². The monoisotopic (exact) mass is 442 g/mol. The van der Waals surface area contributed by atoms with Gasteiger partial charge in [0.2, 0.25) is 5.82 Å². The molecule has 0 saturated heterocycles. The van der Waals surface area contributed by atoms with Gasteiger partial charge in [0.05, 0.1) is 5.39 Å². The topological polar surface area (TPSA) is 65.2 Å². The average molecular weight is 444 g/mol. The Kier molecular flexibility index (Phi) is 4.92. The molecule has 0 fully saturated rings. The van der Waals surface area contributed by atoms with Crippen LogP contribution in [0.5, 0.6) is 0 Å². The molecule has 0 radical (unpaired) electrons. The van der Waals surface area contributed by atoms with E-state index in [-0.39, 0.29) is 17.6 Å². The van der Waals surface area contributed by atoms with Crippen LogP contribution in [0.25, 0.3) is 22.2 Å². The Morgan fingerprint density at radius 2 is 1.81 bits per heavy atom. The number of nitrogens with zero attached hydrogens (tertiary/aromatic N) is 2. The van der Waals surface area contributed by atoms with Crippen molar-refractivity contribution in [3.63, 3.8) is 0 Å². The van der Waals surface area contributed by atoms with Crippen LogP contribution >= 0.6 is 27.5 Å². The molecule has 0 spiro atoms. The Labute approximate surface area is 168 Å². The molecule has 0 aliphatic heterocycles. The number of esters is 1. The van der Waals surface area contributed by atoms with E-state index in [1.165, 1.54) is 6.26 Å². The van der Waals surface area contributed by atoms with E-state index in [0.717, 1.165) is 15.6 Å². The van der Waals surface area contributed by atoms with E-state index in [2.05, 4.69) is 25.9 Å². The highest BCUT2D eigenvalue weighted by Crippen LogP contribution is 2.33. The molecule has 0 bridgehead atoms. The van der Waals surface area contributed by atoms with E-state index in [1.54, 1.807) is 0 Å². The summed E-state index contributed by atoms with van der Waals surface area (Å²) < 4.78 is 11.9. The normalized spacial score (nSPS) is 10.9. The molecule has 4 rings (SSSR count). The summed E-state index contributed by atoms with van der Waals surface area (Å²) >= 11 is 9.62. The second kappa shape index (κ2) is 7.50. The maximum absolute atomic E-state index is 12.4. The third-order valence-corrected chi connectivity index (χ3v) is 4.73. The third kappa shape index (κ3) is 3.72. The van der Waals surface area contributed by atoms with Gasteiger partial charge in [-0.2, -0.15) is 0 Å². The van der Waals surface area contributed by atoms with Gasteiger partial charge in [0.25, 0.3) is 0 Å². The first kappa shape index (κ1) is 17.7. The van der Waals surface area contributed by atoms with E-state index in [4.69, 9.17) is 20.8 Å². The van der Waals surface area contributed by atoms with Crippen LogP contribution < -0.4 is 0 Å². The van der Waals surface area contributed by atoms with Crippen molar-refractivity contribution in [2.75, 3.05) is 0 Å². The van der Waals surface area contributed by atoms with E-state index >= 15 is 0 Å². The summed E-state index contributed by atoms with van der Waals surface area (Å²) in [5.74, 6) is -0.243. The SMILES string of the molecule is O=C(OCc1ccccc1)c1nc(Cl)c2coc(-c3ccc(Br)cc3)c2n1. The predicted molar refractivity (Wildman–Crippen MR) is 106 cm³/mol. The second-order valence-corrected chi connectivity index (χ2v) is 7.01. The Hall–Kier alpha value is -2.70. The molecule has 2 aromatic heterocycles. The van der Waals surface area contributed by atoms with Gasteiger partial charge in [-0.1, -0.05) is 70.0 Å². The molecule has 0 aliphatic carbocycles. The summed E-state index contributed by atoms with van der Waals surface area (Å²) in [5, 5.41) is 0.674. The predicted octanol–water partition coefficient (Wildman–Crippen LogP) is 5.66.